The highest BCUT2D eigenvalue weighted by atomic mass is 16.5. The van der Waals surface area contributed by atoms with Gasteiger partial charge in [0.1, 0.15) is 17.1 Å². The van der Waals surface area contributed by atoms with Gasteiger partial charge in [0, 0.05) is 12.1 Å². The third-order valence-corrected chi connectivity index (χ3v) is 2.48. The summed E-state index contributed by atoms with van der Waals surface area (Å²) in [5.41, 5.74) is 6.01. The van der Waals surface area contributed by atoms with Crippen LogP contribution in [0.1, 0.15) is 37.0 Å². The average molecular weight is 249 g/mol. The van der Waals surface area contributed by atoms with Crippen LogP contribution < -0.4 is 5.73 Å². The number of benzene rings is 1. The molecular formula is C14H19NO3. The van der Waals surface area contributed by atoms with Crippen molar-refractivity contribution in [2.75, 3.05) is 5.73 Å². The van der Waals surface area contributed by atoms with E-state index >= 15 is 0 Å². The molecule has 0 aliphatic heterocycles. The second-order valence-corrected chi connectivity index (χ2v) is 4.64. The Morgan fingerprint density at radius 3 is 2.78 bits per heavy atom. The van der Waals surface area contributed by atoms with Gasteiger partial charge >= 0.3 is 5.97 Å². The van der Waals surface area contributed by atoms with Gasteiger partial charge in [0.25, 0.3) is 0 Å². The Balaban J connectivity index is 2.65. The van der Waals surface area contributed by atoms with Crippen LogP contribution >= 0.6 is 0 Å². The highest BCUT2D eigenvalue weighted by molar-refractivity contribution is 5.94. The van der Waals surface area contributed by atoms with Crippen LogP contribution in [-0.4, -0.2) is 11.1 Å². The molecule has 0 fully saturated rings. The monoisotopic (exact) mass is 249 g/mol. The lowest BCUT2D eigenvalue weighted by Crippen LogP contribution is -2.06. The van der Waals surface area contributed by atoms with Crippen molar-refractivity contribution >= 4 is 11.7 Å². The van der Waals surface area contributed by atoms with Crippen LogP contribution in [0.25, 0.3) is 0 Å². The third kappa shape index (κ3) is 4.13. The van der Waals surface area contributed by atoms with Gasteiger partial charge in [0.15, 0.2) is 0 Å². The number of carbonyl (C=O) groups is 1. The number of hydrogen-bond donors (Lipinski definition) is 2. The molecule has 0 spiro atoms. The summed E-state index contributed by atoms with van der Waals surface area (Å²) in [5.74, 6) is 0.135. The molecule has 1 aromatic rings. The number of hydrogen-bond acceptors (Lipinski definition) is 4. The Hall–Kier alpha value is -1.97. The minimum Gasteiger partial charge on any atom is -0.507 e. The first kappa shape index (κ1) is 14.1. The van der Waals surface area contributed by atoms with Crippen molar-refractivity contribution in [1.29, 1.82) is 0 Å². The Bertz CT molecular complexity index is 452. The summed E-state index contributed by atoms with van der Waals surface area (Å²) >= 11 is 0. The zero-order valence-corrected chi connectivity index (χ0v) is 10.8. The molecule has 0 atom stereocenters. The van der Waals surface area contributed by atoms with E-state index in [9.17, 15) is 9.90 Å². The van der Waals surface area contributed by atoms with Crippen LogP contribution in [0.15, 0.2) is 30.5 Å². The molecule has 0 bridgehead atoms. The lowest BCUT2D eigenvalue weighted by molar-refractivity contribution is 0.0610. The van der Waals surface area contributed by atoms with E-state index in [-0.39, 0.29) is 11.3 Å². The normalized spacial score (nSPS) is 10.4. The molecule has 0 radical (unpaired) electrons. The molecule has 4 heteroatoms. The number of aromatic hydroxyl groups is 1. The van der Waals surface area contributed by atoms with Gasteiger partial charge in [-0.1, -0.05) is 20.4 Å². The Morgan fingerprint density at radius 2 is 2.17 bits per heavy atom. The number of phenols is 1. The van der Waals surface area contributed by atoms with E-state index in [4.69, 9.17) is 10.5 Å². The van der Waals surface area contributed by atoms with Gasteiger partial charge in [0.05, 0.1) is 0 Å². The first-order valence-electron chi connectivity index (χ1n) is 5.88. The van der Waals surface area contributed by atoms with Gasteiger partial charge in [0.2, 0.25) is 0 Å². The lowest BCUT2D eigenvalue weighted by atomic mass is 10.1. The van der Waals surface area contributed by atoms with Crippen LogP contribution in [0.5, 0.6) is 5.75 Å². The van der Waals surface area contributed by atoms with Crippen LogP contribution in [0, 0.1) is 5.92 Å². The molecule has 1 rings (SSSR count). The zero-order chi connectivity index (χ0) is 13.7. The van der Waals surface area contributed by atoms with E-state index in [1.165, 1.54) is 18.2 Å². The van der Waals surface area contributed by atoms with Crippen molar-refractivity contribution in [3.05, 3.63) is 36.1 Å². The van der Waals surface area contributed by atoms with E-state index in [2.05, 4.69) is 20.4 Å². The van der Waals surface area contributed by atoms with Gasteiger partial charge in [-0.3, -0.25) is 0 Å². The van der Waals surface area contributed by atoms with E-state index in [1.54, 1.807) is 0 Å². The predicted octanol–water partition coefficient (Wildman–Crippen LogP) is 3.08. The topological polar surface area (TPSA) is 72.5 Å². The highest BCUT2D eigenvalue weighted by Gasteiger charge is 2.14. The summed E-state index contributed by atoms with van der Waals surface area (Å²) in [7, 11) is 0. The summed E-state index contributed by atoms with van der Waals surface area (Å²) in [6.07, 6.45) is 1.52. The fourth-order valence-corrected chi connectivity index (χ4v) is 1.40. The van der Waals surface area contributed by atoms with Gasteiger partial charge < -0.3 is 15.6 Å². The molecule has 1 aromatic carbocycles. The van der Waals surface area contributed by atoms with Crippen molar-refractivity contribution in [3.63, 3.8) is 0 Å². The molecule has 3 N–H and O–H groups in total. The lowest BCUT2D eigenvalue weighted by Gasteiger charge is -2.10. The number of ether oxygens (including phenoxy) is 1. The molecule has 98 valence electrons. The Morgan fingerprint density at radius 1 is 1.50 bits per heavy atom. The Kier molecular flexibility index (Phi) is 4.77. The van der Waals surface area contributed by atoms with Crippen molar-refractivity contribution < 1.29 is 14.6 Å². The zero-order valence-electron chi connectivity index (χ0n) is 10.8. The van der Waals surface area contributed by atoms with E-state index in [0.717, 1.165) is 6.42 Å². The van der Waals surface area contributed by atoms with Gasteiger partial charge in [-0.05, 0) is 30.5 Å². The summed E-state index contributed by atoms with van der Waals surface area (Å²) in [5, 5.41) is 9.55. The first-order valence-corrected chi connectivity index (χ1v) is 5.88. The van der Waals surface area contributed by atoms with E-state index < -0.39 is 5.97 Å². The largest absolute Gasteiger partial charge is 0.507 e. The molecule has 0 aromatic heterocycles. The summed E-state index contributed by atoms with van der Waals surface area (Å²) < 4.78 is 5.07. The van der Waals surface area contributed by atoms with Gasteiger partial charge in [-0.25, -0.2) is 4.79 Å². The average Bonchev–Trinajstić information content (AvgIpc) is 2.29. The number of rotatable bonds is 5. The van der Waals surface area contributed by atoms with Gasteiger partial charge in [-0.2, -0.15) is 0 Å². The molecule has 0 saturated carbocycles. The maximum Gasteiger partial charge on any atom is 0.347 e. The Labute approximate surface area is 107 Å². The minimum absolute atomic E-state index is 0.0562. The molecule has 4 nitrogen and oxygen atoms in total. The molecular weight excluding hydrogens is 230 g/mol. The molecule has 0 heterocycles. The number of phenolic OH excluding ortho intramolecular Hbond substituents is 1. The summed E-state index contributed by atoms with van der Waals surface area (Å²) in [6, 6.07) is 4.26. The van der Waals surface area contributed by atoms with Crippen molar-refractivity contribution in [2.24, 2.45) is 5.92 Å². The van der Waals surface area contributed by atoms with Crippen LogP contribution in [0.4, 0.5) is 5.69 Å². The fraction of sp³-hybridized carbons (Fsp3) is 0.357. The third-order valence-electron chi connectivity index (χ3n) is 2.48. The number of esters is 1. The second-order valence-electron chi connectivity index (χ2n) is 4.64. The molecule has 0 unspecified atom stereocenters. The smallest absolute Gasteiger partial charge is 0.347 e. The van der Waals surface area contributed by atoms with Crippen LogP contribution in [0.2, 0.25) is 0 Å². The van der Waals surface area contributed by atoms with E-state index in [1.807, 2.05) is 0 Å². The van der Waals surface area contributed by atoms with Crippen molar-refractivity contribution in [3.8, 4) is 5.75 Å². The van der Waals surface area contributed by atoms with E-state index in [0.29, 0.717) is 23.8 Å². The minimum atomic E-state index is -0.631. The second kappa shape index (κ2) is 6.10. The van der Waals surface area contributed by atoms with Crippen LogP contribution in [0.3, 0.4) is 0 Å². The molecule has 0 aliphatic carbocycles. The summed E-state index contributed by atoms with van der Waals surface area (Å²) in [4.78, 5) is 11.8. The van der Waals surface area contributed by atoms with Crippen molar-refractivity contribution in [1.82, 2.24) is 0 Å². The summed E-state index contributed by atoms with van der Waals surface area (Å²) in [6.45, 7) is 7.85. The predicted molar refractivity (Wildman–Crippen MR) is 71.1 cm³/mol. The maximum atomic E-state index is 11.8. The molecule has 0 saturated heterocycles. The maximum absolute atomic E-state index is 11.8. The number of anilines is 1. The number of nitrogen functional groups attached to an aromatic ring is 1. The molecule has 18 heavy (non-hydrogen) atoms. The quantitative estimate of drug-likeness (QED) is 0.364. The van der Waals surface area contributed by atoms with Crippen LogP contribution in [-0.2, 0) is 4.74 Å². The SMILES string of the molecule is C=C(CCC(C)C)OC(=O)c1cc(N)ccc1O. The highest BCUT2D eigenvalue weighted by Crippen LogP contribution is 2.22. The van der Waals surface area contributed by atoms with Crippen molar-refractivity contribution in [2.45, 2.75) is 26.7 Å². The number of allylic oxidation sites excluding steroid dienone is 1. The molecule has 0 amide bonds. The number of nitrogens with two attached hydrogens (primary N) is 1. The fourth-order valence-electron chi connectivity index (χ4n) is 1.40. The first-order chi connectivity index (χ1) is 8.40. The number of carbonyl (C=O) groups excluding carboxylic acids is 1. The standard InChI is InChI=1S/C14H19NO3/c1-9(2)4-5-10(3)18-14(17)12-8-11(15)6-7-13(12)16/h6-9,16H,3-5,15H2,1-2H3. The molecule has 0 aliphatic rings. The van der Waals surface area contributed by atoms with Gasteiger partial charge in [-0.15, -0.1) is 0 Å².